The molecule has 0 aliphatic heterocycles. The summed E-state index contributed by atoms with van der Waals surface area (Å²) in [6.45, 7) is 0. The minimum absolute atomic E-state index is 1.03. The van der Waals surface area contributed by atoms with Gasteiger partial charge in [-0.1, -0.05) is 42.5 Å². The third-order valence-electron chi connectivity index (χ3n) is 1.68. The van der Waals surface area contributed by atoms with Crippen molar-refractivity contribution in [1.29, 1.82) is 0 Å². The predicted molar refractivity (Wildman–Crippen MR) is 53.7 cm³/mol. The Morgan fingerprint density at radius 3 is 2.50 bits per heavy atom. The van der Waals surface area contributed by atoms with Crippen LogP contribution < -0.4 is 0 Å². The topological polar surface area (TPSA) is 0 Å². The molecule has 0 aromatic carbocycles. The van der Waals surface area contributed by atoms with Gasteiger partial charge in [0.15, 0.2) is 0 Å². The summed E-state index contributed by atoms with van der Waals surface area (Å²) in [6, 6.07) is 0. The largest absolute Gasteiger partial charge is 0.0879 e. The maximum absolute atomic E-state index is 3.22. The molecule has 0 nitrogen and oxygen atoms in total. The maximum atomic E-state index is 3.22. The van der Waals surface area contributed by atoms with Crippen molar-refractivity contribution in [1.82, 2.24) is 0 Å². The molecule has 1 aliphatic carbocycles. The summed E-state index contributed by atoms with van der Waals surface area (Å²) >= 11 is 0. The third kappa shape index (κ3) is 4.73. The highest BCUT2D eigenvalue weighted by Crippen LogP contribution is 1.97. The van der Waals surface area contributed by atoms with Gasteiger partial charge in [0.05, 0.1) is 0 Å². The van der Waals surface area contributed by atoms with Gasteiger partial charge < -0.3 is 0 Å². The highest BCUT2D eigenvalue weighted by molar-refractivity contribution is 5.04. The van der Waals surface area contributed by atoms with E-state index in [9.17, 15) is 0 Å². The SMILES string of the molecule is [C]1=CC=CCC=CCC=CCC1. The van der Waals surface area contributed by atoms with Crippen LogP contribution in [0.5, 0.6) is 0 Å². The Bertz CT molecular complexity index is 204. The highest BCUT2D eigenvalue weighted by Gasteiger charge is 1.78. The molecule has 0 unspecified atom stereocenters. The number of allylic oxidation sites excluding steroid dienone is 8. The lowest BCUT2D eigenvalue weighted by Crippen LogP contribution is -1.68. The second kappa shape index (κ2) is 6.66. The summed E-state index contributed by atoms with van der Waals surface area (Å²) in [5.74, 6) is 0. The summed E-state index contributed by atoms with van der Waals surface area (Å²) in [5, 5.41) is 0. The zero-order chi connectivity index (χ0) is 8.49. The Hall–Kier alpha value is -1.04. The minimum Gasteiger partial charge on any atom is -0.0879 e. The van der Waals surface area contributed by atoms with E-state index in [4.69, 9.17) is 0 Å². The molecule has 0 aromatic heterocycles. The molecule has 12 heavy (non-hydrogen) atoms. The van der Waals surface area contributed by atoms with Crippen LogP contribution in [0.4, 0.5) is 0 Å². The molecule has 0 saturated heterocycles. The average molecular weight is 159 g/mol. The maximum Gasteiger partial charge on any atom is -0.0166 e. The zero-order valence-electron chi connectivity index (χ0n) is 7.37. The second-order valence-corrected chi connectivity index (χ2v) is 2.75. The van der Waals surface area contributed by atoms with Gasteiger partial charge in [-0.05, 0) is 31.8 Å². The first-order chi connectivity index (χ1) is 6.00. The molecule has 0 amide bonds. The number of hydrogen-bond acceptors (Lipinski definition) is 0. The fourth-order valence-electron chi connectivity index (χ4n) is 1.03. The van der Waals surface area contributed by atoms with Gasteiger partial charge in [-0.3, -0.25) is 0 Å². The Labute approximate surface area is 75.0 Å². The summed E-state index contributed by atoms with van der Waals surface area (Å²) in [5.41, 5.74) is 0. The van der Waals surface area contributed by atoms with E-state index in [0.29, 0.717) is 0 Å². The van der Waals surface area contributed by atoms with Gasteiger partial charge in [-0.15, -0.1) is 0 Å². The van der Waals surface area contributed by atoms with Crippen LogP contribution in [0.1, 0.15) is 25.7 Å². The molecule has 63 valence electrons. The van der Waals surface area contributed by atoms with E-state index in [1.165, 1.54) is 0 Å². The van der Waals surface area contributed by atoms with Crippen LogP contribution in [-0.4, -0.2) is 0 Å². The highest BCUT2D eigenvalue weighted by atomic mass is 13.8. The van der Waals surface area contributed by atoms with Gasteiger partial charge in [0, 0.05) is 0 Å². The molecule has 0 fully saturated rings. The van der Waals surface area contributed by atoms with E-state index < -0.39 is 0 Å². The van der Waals surface area contributed by atoms with Gasteiger partial charge in [0.1, 0.15) is 0 Å². The van der Waals surface area contributed by atoms with Gasteiger partial charge in [-0.25, -0.2) is 0 Å². The monoisotopic (exact) mass is 159 g/mol. The van der Waals surface area contributed by atoms with Crippen molar-refractivity contribution in [2.24, 2.45) is 0 Å². The van der Waals surface area contributed by atoms with Gasteiger partial charge in [-0.2, -0.15) is 0 Å². The van der Waals surface area contributed by atoms with E-state index >= 15 is 0 Å². The summed E-state index contributed by atoms with van der Waals surface area (Å²) in [7, 11) is 0. The van der Waals surface area contributed by atoms with Crippen molar-refractivity contribution in [3.05, 3.63) is 48.6 Å². The molecule has 1 rings (SSSR count). The molecule has 0 N–H and O–H groups in total. The van der Waals surface area contributed by atoms with E-state index in [1.54, 1.807) is 0 Å². The standard InChI is InChI=1S/C12H15/c1-2-4-6-8-10-12-11-9-7-5-3-1/h1-3,6,8,11-12H,4,7,9-10H2. The lowest BCUT2D eigenvalue weighted by atomic mass is 10.2. The van der Waals surface area contributed by atoms with Gasteiger partial charge in [0.25, 0.3) is 0 Å². The van der Waals surface area contributed by atoms with Crippen molar-refractivity contribution in [2.75, 3.05) is 0 Å². The van der Waals surface area contributed by atoms with Crippen molar-refractivity contribution in [2.45, 2.75) is 25.7 Å². The molecule has 0 spiro atoms. The second-order valence-electron chi connectivity index (χ2n) is 2.75. The first-order valence-electron chi connectivity index (χ1n) is 4.52. The van der Waals surface area contributed by atoms with Crippen LogP contribution >= 0.6 is 0 Å². The van der Waals surface area contributed by atoms with Crippen molar-refractivity contribution in [3.63, 3.8) is 0 Å². The fraction of sp³-hybridized carbons (Fsp3) is 0.333. The van der Waals surface area contributed by atoms with E-state index in [0.717, 1.165) is 25.7 Å². The Balaban J connectivity index is 2.41. The van der Waals surface area contributed by atoms with E-state index in [2.05, 4.69) is 42.5 Å². The smallest absolute Gasteiger partial charge is 0.0166 e. The summed E-state index contributed by atoms with van der Waals surface area (Å²) in [6.07, 6.45) is 22.5. The van der Waals surface area contributed by atoms with E-state index in [-0.39, 0.29) is 0 Å². The molecular weight excluding hydrogens is 144 g/mol. The molecule has 0 saturated carbocycles. The molecule has 0 atom stereocenters. The van der Waals surface area contributed by atoms with Crippen LogP contribution in [-0.2, 0) is 0 Å². The molecular formula is C12H15. The van der Waals surface area contributed by atoms with Crippen molar-refractivity contribution >= 4 is 0 Å². The lowest BCUT2D eigenvalue weighted by molar-refractivity contribution is 1.02. The fourth-order valence-corrected chi connectivity index (χ4v) is 1.03. The number of rotatable bonds is 0. The lowest BCUT2D eigenvalue weighted by Gasteiger charge is -1.87. The Kier molecular flexibility index (Phi) is 5.02. The quantitative estimate of drug-likeness (QED) is 0.474. The molecule has 1 aliphatic rings. The number of hydrogen-bond donors (Lipinski definition) is 0. The Morgan fingerprint density at radius 2 is 1.58 bits per heavy atom. The first kappa shape index (κ1) is 9.05. The van der Waals surface area contributed by atoms with Crippen molar-refractivity contribution in [3.8, 4) is 0 Å². The van der Waals surface area contributed by atoms with Crippen LogP contribution in [0.15, 0.2) is 42.5 Å². The Morgan fingerprint density at radius 1 is 0.833 bits per heavy atom. The molecule has 0 bridgehead atoms. The molecule has 0 aromatic rings. The molecule has 0 heteroatoms. The minimum atomic E-state index is 1.03. The third-order valence-corrected chi connectivity index (χ3v) is 1.68. The zero-order valence-corrected chi connectivity index (χ0v) is 7.37. The summed E-state index contributed by atoms with van der Waals surface area (Å²) < 4.78 is 0. The van der Waals surface area contributed by atoms with Crippen molar-refractivity contribution < 1.29 is 0 Å². The van der Waals surface area contributed by atoms with Gasteiger partial charge >= 0.3 is 0 Å². The van der Waals surface area contributed by atoms with E-state index in [1.807, 2.05) is 6.08 Å². The van der Waals surface area contributed by atoms with Crippen LogP contribution in [0, 0.1) is 6.08 Å². The predicted octanol–water partition coefficient (Wildman–Crippen LogP) is 3.59. The van der Waals surface area contributed by atoms with Crippen LogP contribution in [0.2, 0.25) is 0 Å². The molecule has 0 heterocycles. The normalized spacial score (nSPS) is 18.7. The average Bonchev–Trinajstić information content (AvgIpc) is 2.05. The summed E-state index contributed by atoms with van der Waals surface area (Å²) in [4.78, 5) is 0. The van der Waals surface area contributed by atoms with Crippen LogP contribution in [0.25, 0.3) is 0 Å². The van der Waals surface area contributed by atoms with Crippen LogP contribution in [0.3, 0.4) is 0 Å². The van der Waals surface area contributed by atoms with Gasteiger partial charge in [0.2, 0.25) is 0 Å². The molecule has 1 radical (unpaired) electrons. The first-order valence-corrected chi connectivity index (χ1v) is 4.52.